The summed E-state index contributed by atoms with van der Waals surface area (Å²) in [5.41, 5.74) is 1.26. The second kappa shape index (κ2) is 7.34. The van der Waals surface area contributed by atoms with E-state index in [0.29, 0.717) is 5.69 Å². The van der Waals surface area contributed by atoms with Crippen molar-refractivity contribution in [1.82, 2.24) is 9.88 Å². The predicted molar refractivity (Wildman–Crippen MR) is 92.2 cm³/mol. The zero-order valence-electron chi connectivity index (χ0n) is 13.6. The number of phenols is 1. The van der Waals surface area contributed by atoms with Gasteiger partial charge in [-0.05, 0) is 55.9 Å². The number of rotatable bonds is 4. The first-order valence-corrected chi connectivity index (χ1v) is 8.42. The van der Waals surface area contributed by atoms with E-state index in [4.69, 9.17) is 0 Å². The van der Waals surface area contributed by atoms with Crippen molar-refractivity contribution in [2.45, 2.75) is 38.1 Å². The van der Waals surface area contributed by atoms with E-state index in [-0.39, 0.29) is 23.3 Å². The van der Waals surface area contributed by atoms with Crippen molar-refractivity contribution >= 4 is 5.91 Å². The highest BCUT2D eigenvalue weighted by molar-refractivity contribution is 5.92. The molecule has 1 aliphatic heterocycles. The summed E-state index contributed by atoms with van der Waals surface area (Å²) in [6, 6.07) is 12.1. The van der Waals surface area contributed by atoms with Gasteiger partial charge >= 0.3 is 0 Å². The van der Waals surface area contributed by atoms with E-state index in [1.807, 2.05) is 17.0 Å². The molecule has 5 heteroatoms. The molecule has 1 aromatic carbocycles. The highest BCUT2D eigenvalue weighted by atomic mass is 16.3. The Kier molecular flexibility index (Phi) is 4.99. The van der Waals surface area contributed by atoms with Crippen molar-refractivity contribution in [3.8, 4) is 5.75 Å². The maximum Gasteiger partial charge on any atom is 0.270 e. The first-order valence-electron chi connectivity index (χ1n) is 8.42. The molecule has 1 amide bonds. The number of hydrogen-bond acceptors (Lipinski definition) is 3. The van der Waals surface area contributed by atoms with Crippen LogP contribution >= 0.6 is 0 Å². The largest absolute Gasteiger partial charge is 0.508 e. The summed E-state index contributed by atoms with van der Waals surface area (Å²) >= 11 is 0. The van der Waals surface area contributed by atoms with E-state index >= 15 is 0 Å². The fraction of sp³-hybridized carbons (Fsp3) is 0.368. The number of phenolic OH excluding ortho intramolecular Hbond substituents is 1. The van der Waals surface area contributed by atoms with Crippen LogP contribution in [0.1, 0.15) is 41.7 Å². The SMILES string of the molecule is O=C(c1cccc(=O)[nH]1)N1CCCC[C@@H]1CCc1ccc(O)cc1. The number of amides is 1. The Morgan fingerprint density at radius 3 is 2.71 bits per heavy atom. The van der Waals surface area contributed by atoms with Gasteiger partial charge in [-0.3, -0.25) is 9.59 Å². The standard InChI is InChI=1S/C19H22N2O3/c22-16-11-8-14(9-12-16)7-10-15-4-1-2-13-21(15)19(24)17-5-3-6-18(23)20-17/h3,5-6,8-9,11-12,15,22H,1-2,4,7,10,13H2,(H,20,23)/t15-/m1/s1. The van der Waals surface area contributed by atoms with Gasteiger partial charge in [0.25, 0.3) is 5.91 Å². The molecule has 0 spiro atoms. The Balaban J connectivity index is 1.69. The Hall–Kier alpha value is -2.56. The van der Waals surface area contributed by atoms with Crippen LogP contribution in [-0.4, -0.2) is 33.5 Å². The molecule has 0 bridgehead atoms. The maximum absolute atomic E-state index is 12.7. The molecule has 1 aromatic heterocycles. The first kappa shape index (κ1) is 16.3. The zero-order chi connectivity index (χ0) is 16.9. The number of nitrogens with zero attached hydrogens (tertiary/aromatic N) is 1. The molecule has 5 nitrogen and oxygen atoms in total. The van der Waals surface area contributed by atoms with E-state index < -0.39 is 0 Å². The van der Waals surface area contributed by atoms with Crippen molar-refractivity contribution in [3.05, 3.63) is 64.1 Å². The van der Waals surface area contributed by atoms with E-state index in [1.54, 1.807) is 24.3 Å². The lowest BCUT2D eigenvalue weighted by atomic mass is 9.95. The van der Waals surface area contributed by atoms with Gasteiger partial charge in [0.1, 0.15) is 11.4 Å². The van der Waals surface area contributed by atoms with Gasteiger partial charge in [0.2, 0.25) is 5.56 Å². The van der Waals surface area contributed by atoms with Gasteiger partial charge in [0.05, 0.1) is 0 Å². The molecular weight excluding hydrogens is 304 g/mol. The molecule has 0 aliphatic carbocycles. The minimum atomic E-state index is -0.251. The third kappa shape index (κ3) is 3.85. The number of aromatic amines is 1. The summed E-state index contributed by atoms with van der Waals surface area (Å²) in [7, 11) is 0. The molecule has 0 saturated carbocycles. The van der Waals surface area contributed by atoms with Gasteiger partial charge in [0, 0.05) is 18.7 Å². The normalized spacial score (nSPS) is 17.7. The summed E-state index contributed by atoms with van der Waals surface area (Å²) in [4.78, 5) is 28.7. The van der Waals surface area contributed by atoms with Crippen molar-refractivity contribution in [3.63, 3.8) is 0 Å². The van der Waals surface area contributed by atoms with Crippen molar-refractivity contribution in [1.29, 1.82) is 0 Å². The molecule has 2 heterocycles. The minimum Gasteiger partial charge on any atom is -0.508 e. The number of likely N-dealkylation sites (tertiary alicyclic amines) is 1. The Labute approximate surface area is 140 Å². The number of aryl methyl sites for hydroxylation is 1. The van der Waals surface area contributed by atoms with Crippen molar-refractivity contribution in [2.24, 2.45) is 0 Å². The summed E-state index contributed by atoms with van der Waals surface area (Å²) in [5, 5.41) is 9.36. The Bertz CT molecular complexity index is 752. The lowest BCUT2D eigenvalue weighted by Crippen LogP contribution is -2.44. The Morgan fingerprint density at radius 1 is 1.17 bits per heavy atom. The number of carbonyl (C=O) groups is 1. The smallest absolute Gasteiger partial charge is 0.270 e. The average Bonchev–Trinajstić information content (AvgIpc) is 2.61. The van der Waals surface area contributed by atoms with Crippen LogP contribution < -0.4 is 5.56 Å². The zero-order valence-corrected chi connectivity index (χ0v) is 13.6. The number of pyridine rings is 1. The number of piperidine rings is 1. The number of H-pyrrole nitrogens is 1. The average molecular weight is 326 g/mol. The quantitative estimate of drug-likeness (QED) is 0.907. The highest BCUT2D eigenvalue weighted by Crippen LogP contribution is 2.23. The lowest BCUT2D eigenvalue weighted by molar-refractivity contribution is 0.0595. The van der Waals surface area contributed by atoms with Crippen LogP contribution in [0.15, 0.2) is 47.3 Å². The molecule has 0 radical (unpaired) electrons. The lowest BCUT2D eigenvalue weighted by Gasteiger charge is -2.36. The van der Waals surface area contributed by atoms with Crippen LogP contribution in [0, 0.1) is 0 Å². The summed E-state index contributed by atoms with van der Waals surface area (Å²) < 4.78 is 0. The fourth-order valence-electron chi connectivity index (χ4n) is 3.29. The topological polar surface area (TPSA) is 73.4 Å². The monoisotopic (exact) mass is 326 g/mol. The molecule has 2 N–H and O–H groups in total. The Morgan fingerprint density at radius 2 is 1.96 bits per heavy atom. The number of carbonyl (C=O) groups excluding carboxylic acids is 1. The molecular formula is C19H22N2O3. The summed E-state index contributed by atoms with van der Waals surface area (Å²) in [6.07, 6.45) is 4.85. The van der Waals surface area contributed by atoms with E-state index in [9.17, 15) is 14.7 Å². The van der Waals surface area contributed by atoms with Crippen LogP contribution in [0.25, 0.3) is 0 Å². The summed E-state index contributed by atoms with van der Waals surface area (Å²) in [6.45, 7) is 0.732. The second-order valence-electron chi connectivity index (χ2n) is 6.28. The third-order valence-electron chi connectivity index (χ3n) is 4.59. The van der Waals surface area contributed by atoms with E-state index in [2.05, 4.69) is 4.98 Å². The van der Waals surface area contributed by atoms with Gasteiger partial charge in [-0.1, -0.05) is 18.2 Å². The number of hydrogen-bond donors (Lipinski definition) is 2. The van der Waals surface area contributed by atoms with Crippen LogP contribution in [-0.2, 0) is 6.42 Å². The van der Waals surface area contributed by atoms with Gasteiger partial charge in [-0.25, -0.2) is 0 Å². The van der Waals surface area contributed by atoms with Gasteiger partial charge in [-0.15, -0.1) is 0 Å². The molecule has 3 rings (SSSR count). The molecule has 24 heavy (non-hydrogen) atoms. The molecule has 1 aliphatic rings. The van der Waals surface area contributed by atoms with Crippen LogP contribution in [0.2, 0.25) is 0 Å². The van der Waals surface area contributed by atoms with E-state index in [0.717, 1.165) is 44.2 Å². The van der Waals surface area contributed by atoms with Crippen LogP contribution in [0.4, 0.5) is 0 Å². The summed E-state index contributed by atoms with van der Waals surface area (Å²) in [5.74, 6) is 0.171. The van der Waals surface area contributed by atoms with Crippen LogP contribution in [0.3, 0.4) is 0 Å². The van der Waals surface area contributed by atoms with Crippen molar-refractivity contribution < 1.29 is 9.90 Å². The van der Waals surface area contributed by atoms with Gasteiger partial charge in [0.15, 0.2) is 0 Å². The molecule has 1 fully saturated rings. The molecule has 126 valence electrons. The molecule has 1 atom stereocenters. The highest BCUT2D eigenvalue weighted by Gasteiger charge is 2.27. The van der Waals surface area contributed by atoms with Crippen LogP contribution in [0.5, 0.6) is 5.75 Å². The first-order chi connectivity index (χ1) is 11.6. The van der Waals surface area contributed by atoms with Crippen molar-refractivity contribution in [2.75, 3.05) is 6.54 Å². The minimum absolute atomic E-state index is 0.0943. The number of aromatic hydroxyl groups is 1. The van der Waals surface area contributed by atoms with Gasteiger partial charge in [-0.2, -0.15) is 0 Å². The number of benzene rings is 1. The molecule has 0 unspecified atom stereocenters. The predicted octanol–water partition coefficient (Wildman–Crippen LogP) is 2.71. The maximum atomic E-state index is 12.7. The number of nitrogens with one attached hydrogen (secondary N) is 1. The number of aromatic nitrogens is 1. The second-order valence-corrected chi connectivity index (χ2v) is 6.28. The van der Waals surface area contributed by atoms with Gasteiger partial charge < -0.3 is 15.0 Å². The fourth-order valence-corrected chi connectivity index (χ4v) is 3.29. The molecule has 1 saturated heterocycles. The van der Waals surface area contributed by atoms with E-state index in [1.165, 1.54) is 6.07 Å². The molecule has 2 aromatic rings. The third-order valence-corrected chi connectivity index (χ3v) is 4.59.